The molecule has 0 saturated carbocycles. The van der Waals surface area contributed by atoms with Gasteiger partial charge in [0.25, 0.3) is 0 Å². The van der Waals surface area contributed by atoms with Crippen molar-refractivity contribution in [2.45, 2.75) is 39.8 Å². The van der Waals surface area contributed by atoms with Gasteiger partial charge in [0.15, 0.2) is 0 Å². The monoisotopic (exact) mass is 249 g/mol. The molecular formula is C15H23NO2. The summed E-state index contributed by atoms with van der Waals surface area (Å²) in [6.07, 6.45) is 0.0806. The summed E-state index contributed by atoms with van der Waals surface area (Å²) in [6.45, 7) is 8.08. The highest BCUT2D eigenvalue weighted by Crippen LogP contribution is 2.19. The van der Waals surface area contributed by atoms with Crippen molar-refractivity contribution in [3.8, 4) is 0 Å². The number of nitrogens with zero attached hydrogens (tertiary/aromatic N) is 1. The first-order chi connectivity index (χ1) is 8.41. The second-order valence-corrected chi connectivity index (χ2v) is 4.95. The quantitative estimate of drug-likeness (QED) is 0.803. The molecule has 1 amide bonds. The number of carbonyl (C=O) groups excluding carboxylic acids is 1. The molecule has 3 nitrogen and oxygen atoms in total. The van der Waals surface area contributed by atoms with E-state index in [9.17, 15) is 4.79 Å². The van der Waals surface area contributed by atoms with E-state index in [1.54, 1.807) is 4.90 Å². The van der Waals surface area contributed by atoms with Crippen LogP contribution in [0.5, 0.6) is 0 Å². The minimum absolute atomic E-state index is 0.0109. The molecule has 1 atom stereocenters. The Balaban J connectivity index is 2.62. The van der Waals surface area contributed by atoms with Crippen LogP contribution in [0.4, 0.5) is 0 Å². The molecule has 0 aliphatic rings. The number of ether oxygens (including phenoxy) is 1. The number of carbonyl (C=O) groups is 1. The maximum Gasteiger partial charge on any atom is 0.248 e. The third-order valence-corrected chi connectivity index (χ3v) is 3.07. The van der Waals surface area contributed by atoms with Gasteiger partial charge in [0, 0.05) is 7.05 Å². The van der Waals surface area contributed by atoms with E-state index in [0.717, 1.165) is 5.56 Å². The Hall–Kier alpha value is -1.35. The van der Waals surface area contributed by atoms with Gasteiger partial charge in [0.05, 0.1) is 12.1 Å². The minimum Gasteiger partial charge on any atom is -0.369 e. The lowest BCUT2D eigenvalue weighted by atomic mass is 10.1. The molecule has 0 aliphatic heterocycles. The molecule has 0 aromatic heterocycles. The molecule has 0 radical (unpaired) electrons. The third kappa shape index (κ3) is 4.15. The molecule has 0 heterocycles. The lowest BCUT2D eigenvalue weighted by molar-refractivity contribution is -0.138. The van der Waals surface area contributed by atoms with E-state index in [2.05, 4.69) is 31.2 Å². The number of benzene rings is 1. The normalized spacial score (nSPS) is 12.6. The Morgan fingerprint density at radius 2 is 1.78 bits per heavy atom. The molecule has 0 bridgehead atoms. The van der Waals surface area contributed by atoms with Crippen molar-refractivity contribution in [3.63, 3.8) is 0 Å². The van der Waals surface area contributed by atoms with Crippen LogP contribution in [-0.4, -0.2) is 30.6 Å². The second-order valence-electron chi connectivity index (χ2n) is 4.95. The lowest BCUT2D eigenvalue weighted by Crippen LogP contribution is -2.33. The highest BCUT2D eigenvalue weighted by molar-refractivity contribution is 5.77. The molecule has 1 unspecified atom stereocenters. The molecule has 0 aliphatic carbocycles. The van der Waals surface area contributed by atoms with Crippen LogP contribution in [0, 0.1) is 6.92 Å². The summed E-state index contributed by atoms with van der Waals surface area (Å²) in [5.74, 6) is 0.0109. The molecular weight excluding hydrogens is 226 g/mol. The van der Waals surface area contributed by atoms with E-state index < -0.39 is 0 Å². The fourth-order valence-electron chi connectivity index (χ4n) is 1.62. The van der Waals surface area contributed by atoms with Gasteiger partial charge in [-0.1, -0.05) is 29.8 Å². The summed E-state index contributed by atoms with van der Waals surface area (Å²) in [5, 5.41) is 0. The number of aryl methyl sites for hydroxylation is 1. The van der Waals surface area contributed by atoms with Crippen LogP contribution < -0.4 is 0 Å². The smallest absolute Gasteiger partial charge is 0.248 e. The zero-order chi connectivity index (χ0) is 13.7. The number of hydrogen-bond donors (Lipinski definition) is 0. The van der Waals surface area contributed by atoms with Crippen LogP contribution in [-0.2, 0) is 9.53 Å². The molecule has 1 rings (SSSR count). The molecule has 0 N–H and O–H groups in total. The standard InChI is InChI=1S/C15H23NO2/c1-11(2)18-10-15(17)16(5)13(4)14-8-6-12(3)7-9-14/h6-9,11,13H,10H2,1-5H3. The Bertz CT molecular complexity index is 384. The van der Waals surface area contributed by atoms with Crippen molar-refractivity contribution < 1.29 is 9.53 Å². The molecule has 1 aromatic carbocycles. The maximum atomic E-state index is 11.9. The number of amides is 1. The number of likely N-dealkylation sites (N-methyl/N-ethyl adjacent to an activating group) is 1. The molecule has 18 heavy (non-hydrogen) atoms. The van der Waals surface area contributed by atoms with Crippen LogP contribution in [0.2, 0.25) is 0 Å². The van der Waals surface area contributed by atoms with E-state index in [-0.39, 0.29) is 24.7 Å². The Morgan fingerprint density at radius 3 is 2.28 bits per heavy atom. The summed E-state index contributed by atoms with van der Waals surface area (Å²) in [7, 11) is 1.82. The highest BCUT2D eigenvalue weighted by atomic mass is 16.5. The molecule has 0 saturated heterocycles. The predicted molar refractivity (Wildman–Crippen MR) is 73.5 cm³/mol. The number of hydrogen-bond acceptors (Lipinski definition) is 2. The average molecular weight is 249 g/mol. The highest BCUT2D eigenvalue weighted by Gasteiger charge is 2.17. The zero-order valence-corrected chi connectivity index (χ0v) is 11.9. The molecule has 0 spiro atoms. The van der Waals surface area contributed by atoms with E-state index in [1.807, 2.05) is 27.8 Å². The van der Waals surface area contributed by atoms with E-state index in [0.29, 0.717) is 0 Å². The van der Waals surface area contributed by atoms with Crippen LogP contribution in [0.25, 0.3) is 0 Å². The largest absolute Gasteiger partial charge is 0.369 e. The maximum absolute atomic E-state index is 11.9. The molecule has 3 heteroatoms. The Labute approximate surface area is 110 Å². The molecule has 1 aromatic rings. The van der Waals surface area contributed by atoms with Crippen molar-refractivity contribution >= 4 is 5.91 Å². The number of rotatable bonds is 5. The Morgan fingerprint density at radius 1 is 1.22 bits per heavy atom. The fourth-order valence-corrected chi connectivity index (χ4v) is 1.62. The molecule has 100 valence electrons. The summed E-state index contributed by atoms with van der Waals surface area (Å²) in [5.41, 5.74) is 2.36. The van der Waals surface area contributed by atoms with Crippen LogP contribution in [0.15, 0.2) is 24.3 Å². The van der Waals surface area contributed by atoms with E-state index in [1.165, 1.54) is 5.56 Å². The van der Waals surface area contributed by atoms with Crippen LogP contribution >= 0.6 is 0 Å². The first-order valence-corrected chi connectivity index (χ1v) is 6.35. The minimum atomic E-state index is 0.0109. The summed E-state index contributed by atoms with van der Waals surface area (Å²) >= 11 is 0. The van der Waals surface area contributed by atoms with Gasteiger partial charge in [-0.3, -0.25) is 4.79 Å². The Kier molecular flexibility index (Phi) is 5.35. The van der Waals surface area contributed by atoms with E-state index >= 15 is 0 Å². The SMILES string of the molecule is Cc1ccc(C(C)N(C)C(=O)COC(C)C)cc1. The van der Waals surface area contributed by atoms with Gasteiger partial charge in [0.1, 0.15) is 6.61 Å². The van der Waals surface area contributed by atoms with Crippen molar-refractivity contribution in [1.29, 1.82) is 0 Å². The third-order valence-electron chi connectivity index (χ3n) is 3.07. The van der Waals surface area contributed by atoms with Gasteiger partial charge in [-0.15, -0.1) is 0 Å². The predicted octanol–water partition coefficient (Wildman–Crippen LogP) is 2.94. The summed E-state index contributed by atoms with van der Waals surface area (Å²) < 4.78 is 5.34. The summed E-state index contributed by atoms with van der Waals surface area (Å²) in [4.78, 5) is 13.7. The fraction of sp³-hybridized carbons (Fsp3) is 0.533. The van der Waals surface area contributed by atoms with Crippen molar-refractivity contribution in [2.75, 3.05) is 13.7 Å². The van der Waals surface area contributed by atoms with Crippen LogP contribution in [0.1, 0.15) is 37.9 Å². The van der Waals surface area contributed by atoms with Gasteiger partial charge >= 0.3 is 0 Å². The van der Waals surface area contributed by atoms with Crippen molar-refractivity contribution in [3.05, 3.63) is 35.4 Å². The van der Waals surface area contributed by atoms with Gasteiger partial charge in [0.2, 0.25) is 5.91 Å². The first-order valence-electron chi connectivity index (χ1n) is 6.35. The topological polar surface area (TPSA) is 29.5 Å². The first kappa shape index (κ1) is 14.7. The summed E-state index contributed by atoms with van der Waals surface area (Å²) in [6, 6.07) is 8.32. The van der Waals surface area contributed by atoms with Crippen molar-refractivity contribution in [2.24, 2.45) is 0 Å². The second kappa shape index (κ2) is 6.55. The van der Waals surface area contributed by atoms with Gasteiger partial charge < -0.3 is 9.64 Å². The lowest BCUT2D eigenvalue weighted by Gasteiger charge is -2.25. The van der Waals surface area contributed by atoms with Gasteiger partial charge in [-0.25, -0.2) is 0 Å². The van der Waals surface area contributed by atoms with Gasteiger partial charge in [-0.05, 0) is 33.3 Å². The average Bonchev–Trinajstić information content (AvgIpc) is 2.35. The molecule has 0 fully saturated rings. The zero-order valence-electron chi connectivity index (χ0n) is 11.9. The van der Waals surface area contributed by atoms with Gasteiger partial charge in [-0.2, -0.15) is 0 Å². The van der Waals surface area contributed by atoms with Crippen molar-refractivity contribution in [1.82, 2.24) is 4.90 Å². The van der Waals surface area contributed by atoms with Crippen LogP contribution in [0.3, 0.4) is 0 Å². The van der Waals surface area contributed by atoms with E-state index in [4.69, 9.17) is 4.74 Å².